The Kier molecular flexibility index (Phi) is 6.85. The van der Waals surface area contributed by atoms with E-state index in [4.69, 9.17) is 9.47 Å². The van der Waals surface area contributed by atoms with Crippen molar-refractivity contribution in [2.75, 3.05) is 13.2 Å². The van der Waals surface area contributed by atoms with Crippen LogP contribution < -0.4 is 0 Å². The smallest absolute Gasteiger partial charge is 0.335 e. The van der Waals surface area contributed by atoms with Crippen LogP contribution >= 0.6 is 0 Å². The summed E-state index contributed by atoms with van der Waals surface area (Å²) in [7, 11) is 0. The molecule has 1 atom stereocenters. The summed E-state index contributed by atoms with van der Waals surface area (Å²) in [6, 6.07) is 0. The van der Waals surface area contributed by atoms with Gasteiger partial charge in [0.2, 0.25) is 0 Å². The van der Waals surface area contributed by atoms with Crippen LogP contribution in [0.1, 0.15) is 48.0 Å². The van der Waals surface area contributed by atoms with Gasteiger partial charge in [0.15, 0.2) is 0 Å². The maximum Gasteiger partial charge on any atom is 0.335 e. The average molecular weight is 308 g/mol. The van der Waals surface area contributed by atoms with Crippen molar-refractivity contribution < 1.29 is 19.1 Å². The lowest BCUT2D eigenvalue weighted by Crippen LogP contribution is -2.25. The van der Waals surface area contributed by atoms with E-state index in [-0.39, 0.29) is 17.8 Å². The zero-order valence-corrected chi connectivity index (χ0v) is 14.6. The third-order valence-electron chi connectivity index (χ3n) is 3.63. The van der Waals surface area contributed by atoms with E-state index < -0.39 is 11.9 Å². The first kappa shape index (κ1) is 18.5. The molecule has 1 unspecified atom stereocenters. The van der Waals surface area contributed by atoms with Crippen molar-refractivity contribution in [3.05, 3.63) is 22.8 Å². The van der Waals surface area contributed by atoms with Gasteiger partial charge < -0.3 is 9.47 Å². The molecule has 0 saturated heterocycles. The van der Waals surface area contributed by atoms with E-state index in [1.807, 2.05) is 47.6 Å². The van der Waals surface area contributed by atoms with Crippen molar-refractivity contribution in [1.82, 2.24) is 0 Å². The van der Waals surface area contributed by atoms with Crippen molar-refractivity contribution in [2.45, 2.75) is 48.0 Å². The molecule has 4 heteroatoms. The Bertz CT molecular complexity index is 483. The van der Waals surface area contributed by atoms with Gasteiger partial charge in [-0.05, 0) is 25.2 Å². The van der Waals surface area contributed by atoms with E-state index in [0.29, 0.717) is 30.8 Å². The molecule has 0 saturated carbocycles. The monoisotopic (exact) mass is 308 g/mol. The van der Waals surface area contributed by atoms with Crippen LogP contribution in [0.2, 0.25) is 0 Å². The van der Waals surface area contributed by atoms with Gasteiger partial charge in [0.1, 0.15) is 0 Å². The van der Waals surface area contributed by atoms with E-state index in [9.17, 15) is 9.59 Å². The molecule has 0 heterocycles. The highest BCUT2D eigenvalue weighted by atomic mass is 16.5. The van der Waals surface area contributed by atoms with Crippen LogP contribution in [0.5, 0.6) is 0 Å². The van der Waals surface area contributed by atoms with Crippen LogP contribution in [0.25, 0.3) is 0 Å². The maximum absolute atomic E-state index is 12.4. The van der Waals surface area contributed by atoms with Gasteiger partial charge in [0.05, 0.1) is 24.4 Å². The standard InChI is InChI=1S/C18H28O4/c1-11(2)9-21-17(19)15-8-7-13(5)14(6)16(15)18(20)22-10-12(3)4/h7,11-12,14H,8-10H2,1-6H3. The Morgan fingerprint density at radius 2 is 1.59 bits per heavy atom. The summed E-state index contributed by atoms with van der Waals surface area (Å²) in [4.78, 5) is 24.7. The maximum atomic E-state index is 12.4. The SMILES string of the molecule is CC1=CCC(C(=O)OCC(C)C)=C(C(=O)OCC(C)C)C1C. The van der Waals surface area contributed by atoms with Crippen LogP contribution in [-0.4, -0.2) is 25.2 Å². The summed E-state index contributed by atoms with van der Waals surface area (Å²) in [5, 5.41) is 0. The molecule has 0 spiro atoms. The molecular weight excluding hydrogens is 280 g/mol. The molecule has 0 aromatic carbocycles. The number of hydrogen-bond donors (Lipinski definition) is 0. The molecule has 1 rings (SSSR count). The molecule has 22 heavy (non-hydrogen) atoms. The van der Waals surface area contributed by atoms with Gasteiger partial charge in [-0.15, -0.1) is 0 Å². The number of allylic oxidation sites excluding steroid dienone is 2. The molecule has 0 N–H and O–H groups in total. The van der Waals surface area contributed by atoms with E-state index in [0.717, 1.165) is 5.57 Å². The van der Waals surface area contributed by atoms with Gasteiger partial charge in [0.25, 0.3) is 0 Å². The second kappa shape index (κ2) is 8.16. The zero-order chi connectivity index (χ0) is 16.9. The van der Waals surface area contributed by atoms with Crippen LogP contribution in [-0.2, 0) is 19.1 Å². The Hall–Kier alpha value is -1.58. The fraction of sp³-hybridized carbons (Fsp3) is 0.667. The lowest BCUT2D eigenvalue weighted by atomic mass is 9.83. The number of carbonyl (C=O) groups excluding carboxylic acids is 2. The van der Waals surface area contributed by atoms with Crippen molar-refractivity contribution in [1.29, 1.82) is 0 Å². The fourth-order valence-corrected chi connectivity index (χ4v) is 2.18. The fourth-order valence-electron chi connectivity index (χ4n) is 2.18. The van der Waals surface area contributed by atoms with Crippen LogP contribution in [0, 0.1) is 17.8 Å². The average Bonchev–Trinajstić information content (AvgIpc) is 2.44. The highest BCUT2D eigenvalue weighted by Crippen LogP contribution is 2.32. The number of ether oxygens (including phenoxy) is 2. The summed E-state index contributed by atoms with van der Waals surface area (Å²) in [5.41, 5.74) is 1.97. The number of rotatable bonds is 6. The second-order valence-corrected chi connectivity index (χ2v) is 6.75. The van der Waals surface area contributed by atoms with Crippen molar-refractivity contribution >= 4 is 11.9 Å². The minimum absolute atomic E-state index is 0.116. The van der Waals surface area contributed by atoms with Crippen molar-refractivity contribution in [2.24, 2.45) is 17.8 Å². The van der Waals surface area contributed by atoms with Crippen LogP contribution in [0.4, 0.5) is 0 Å². The summed E-state index contributed by atoms with van der Waals surface area (Å²) in [5.74, 6) is -0.392. The first-order valence-electron chi connectivity index (χ1n) is 7.97. The topological polar surface area (TPSA) is 52.6 Å². The lowest BCUT2D eigenvalue weighted by molar-refractivity contribution is -0.143. The predicted molar refractivity (Wildman–Crippen MR) is 86.2 cm³/mol. The zero-order valence-electron chi connectivity index (χ0n) is 14.6. The molecule has 0 bridgehead atoms. The molecular formula is C18H28O4. The molecule has 0 fully saturated rings. The first-order valence-corrected chi connectivity index (χ1v) is 7.97. The minimum Gasteiger partial charge on any atom is -0.462 e. The second-order valence-electron chi connectivity index (χ2n) is 6.75. The van der Waals surface area contributed by atoms with Gasteiger partial charge in [-0.2, -0.15) is 0 Å². The molecule has 0 aromatic rings. The molecule has 0 aliphatic heterocycles. The van der Waals surface area contributed by atoms with Gasteiger partial charge in [-0.3, -0.25) is 0 Å². The Morgan fingerprint density at radius 1 is 1.09 bits per heavy atom. The third-order valence-corrected chi connectivity index (χ3v) is 3.63. The van der Waals surface area contributed by atoms with Crippen LogP contribution in [0.15, 0.2) is 22.8 Å². The Morgan fingerprint density at radius 3 is 2.09 bits per heavy atom. The number of hydrogen-bond acceptors (Lipinski definition) is 4. The third kappa shape index (κ3) is 5.00. The molecule has 124 valence electrons. The molecule has 0 amide bonds. The summed E-state index contributed by atoms with van der Waals surface area (Å²) >= 11 is 0. The van der Waals surface area contributed by atoms with E-state index >= 15 is 0 Å². The quantitative estimate of drug-likeness (QED) is 0.555. The summed E-state index contributed by atoms with van der Waals surface area (Å²) in [6.45, 7) is 12.5. The Labute approximate surface area is 133 Å². The van der Waals surface area contributed by atoms with Gasteiger partial charge in [-0.25, -0.2) is 9.59 Å². The van der Waals surface area contributed by atoms with Crippen LogP contribution in [0.3, 0.4) is 0 Å². The molecule has 4 nitrogen and oxygen atoms in total. The van der Waals surface area contributed by atoms with E-state index in [1.165, 1.54) is 0 Å². The van der Waals surface area contributed by atoms with E-state index in [2.05, 4.69) is 0 Å². The molecule has 1 aliphatic carbocycles. The van der Waals surface area contributed by atoms with Crippen molar-refractivity contribution in [3.63, 3.8) is 0 Å². The highest BCUT2D eigenvalue weighted by Gasteiger charge is 2.31. The van der Waals surface area contributed by atoms with E-state index in [1.54, 1.807) is 0 Å². The van der Waals surface area contributed by atoms with Gasteiger partial charge in [-0.1, -0.05) is 46.3 Å². The predicted octanol–water partition coefficient (Wildman–Crippen LogP) is 3.67. The number of esters is 2. The minimum atomic E-state index is -0.402. The summed E-state index contributed by atoms with van der Waals surface area (Å²) < 4.78 is 10.6. The van der Waals surface area contributed by atoms with Crippen molar-refractivity contribution in [3.8, 4) is 0 Å². The highest BCUT2D eigenvalue weighted by molar-refractivity contribution is 6.01. The van der Waals surface area contributed by atoms with Gasteiger partial charge >= 0.3 is 11.9 Å². The summed E-state index contributed by atoms with van der Waals surface area (Å²) in [6.07, 6.45) is 2.41. The Balaban J connectivity index is 2.98. The molecule has 0 aromatic heterocycles. The molecule has 1 aliphatic rings. The van der Waals surface area contributed by atoms with Gasteiger partial charge in [0, 0.05) is 5.92 Å². The normalized spacial score (nSPS) is 18.5. The lowest BCUT2D eigenvalue weighted by Gasteiger charge is -2.24. The number of carbonyl (C=O) groups is 2. The first-order chi connectivity index (χ1) is 10.2. The largest absolute Gasteiger partial charge is 0.462 e. The molecule has 0 radical (unpaired) electrons.